The number of carbonyl (C=O) groups is 3. The van der Waals surface area contributed by atoms with Crippen LogP contribution in [0.2, 0.25) is 0 Å². The van der Waals surface area contributed by atoms with Crippen LogP contribution in [0.4, 0.5) is 21.3 Å². The summed E-state index contributed by atoms with van der Waals surface area (Å²) in [6.45, 7) is 1.93. The second-order valence-electron chi connectivity index (χ2n) is 7.21. The lowest BCUT2D eigenvalue weighted by molar-refractivity contribution is 0.0527. The number of anilines is 3. The summed E-state index contributed by atoms with van der Waals surface area (Å²) < 4.78 is 11.2. The van der Waals surface area contributed by atoms with Crippen LogP contribution in [-0.2, 0) is 4.74 Å². The van der Waals surface area contributed by atoms with E-state index in [9.17, 15) is 14.4 Å². The summed E-state index contributed by atoms with van der Waals surface area (Å²) in [6.07, 6.45) is 0. The molecule has 3 N–H and O–H groups in total. The number of para-hydroxylation sites is 1. The lowest BCUT2D eigenvalue weighted by Crippen LogP contribution is -2.21. The fourth-order valence-corrected chi connectivity index (χ4v) is 4.22. The molecule has 0 saturated heterocycles. The topological polar surface area (TPSA) is 119 Å². The normalized spacial score (nSPS) is 10.5. The minimum Gasteiger partial charge on any atom is -0.494 e. The smallest absolute Gasteiger partial charge is 0.340 e. The highest BCUT2D eigenvalue weighted by atomic mass is 32.1. The molecule has 0 unspecified atom stereocenters. The zero-order valence-corrected chi connectivity index (χ0v) is 19.8. The van der Waals surface area contributed by atoms with Crippen LogP contribution in [0.1, 0.15) is 27.6 Å². The number of amides is 3. The molecule has 0 aliphatic carbocycles. The Bertz CT molecular complexity index is 1390. The predicted molar refractivity (Wildman–Crippen MR) is 136 cm³/mol. The van der Waals surface area contributed by atoms with Gasteiger partial charge in [0.25, 0.3) is 5.91 Å². The monoisotopic (exact) mass is 490 g/mol. The Kier molecular flexibility index (Phi) is 7.22. The number of aromatic nitrogens is 1. The predicted octanol–water partition coefficient (Wildman–Crippen LogP) is 5.38. The molecule has 3 amide bonds. The highest BCUT2D eigenvalue weighted by Gasteiger charge is 2.17. The minimum atomic E-state index is -0.551. The summed E-state index contributed by atoms with van der Waals surface area (Å²) >= 11 is 1.25. The summed E-state index contributed by atoms with van der Waals surface area (Å²) in [4.78, 5) is 41.8. The number of thiazole rings is 1. The Morgan fingerprint density at radius 1 is 0.943 bits per heavy atom. The second-order valence-corrected chi connectivity index (χ2v) is 8.24. The van der Waals surface area contributed by atoms with Crippen LogP contribution >= 0.6 is 11.3 Å². The molecule has 0 bridgehead atoms. The molecule has 0 atom stereocenters. The summed E-state index contributed by atoms with van der Waals surface area (Å²) in [6, 6.07) is 18.2. The van der Waals surface area contributed by atoms with Crippen LogP contribution in [0.5, 0.6) is 5.75 Å². The first-order valence-corrected chi connectivity index (χ1v) is 11.5. The number of esters is 1. The van der Waals surface area contributed by atoms with E-state index in [1.807, 2.05) is 6.07 Å². The maximum Gasteiger partial charge on any atom is 0.340 e. The van der Waals surface area contributed by atoms with Gasteiger partial charge in [-0.15, -0.1) is 0 Å². The van der Waals surface area contributed by atoms with Gasteiger partial charge in [-0.1, -0.05) is 41.7 Å². The molecule has 10 heteroatoms. The Labute approximate surface area is 205 Å². The molecular weight excluding hydrogens is 468 g/mol. The molecule has 4 rings (SSSR count). The number of carbonyl (C=O) groups excluding carboxylic acids is 3. The van der Waals surface area contributed by atoms with Gasteiger partial charge in [0.05, 0.1) is 29.7 Å². The summed E-state index contributed by atoms with van der Waals surface area (Å²) in [5.41, 5.74) is 2.09. The third kappa shape index (κ3) is 5.56. The Morgan fingerprint density at radius 2 is 1.69 bits per heavy atom. The van der Waals surface area contributed by atoms with Crippen LogP contribution in [0, 0.1) is 0 Å². The van der Waals surface area contributed by atoms with E-state index in [4.69, 9.17) is 9.47 Å². The van der Waals surface area contributed by atoms with E-state index in [1.165, 1.54) is 18.4 Å². The van der Waals surface area contributed by atoms with Gasteiger partial charge in [0.2, 0.25) is 0 Å². The number of hydrogen-bond donors (Lipinski definition) is 3. The maximum absolute atomic E-state index is 12.7. The van der Waals surface area contributed by atoms with Crippen molar-refractivity contribution in [2.24, 2.45) is 0 Å². The number of methoxy groups -OCH3 is 1. The van der Waals surface area contributed by atoms with Gasteiger partial charge in [0, 0.05) is 17.3 Å². The largest absolute Gasteiger partial charge is 0.494 e. The first-order chi connectivity index (χ1) is 17.0. The fourth-order valence-electron chi connectivity index (χ4n) is 3.30. The van der Waals surface area contributed by atoms with Gasteiger partial charge in [0.15, 0.2) is 5.13 Å². The molecule has 0 aliphatic rings. The van der Waals surface area contributed by atoms with Gasteiger partial charge >= 0.3 is 12.0 Å². The molecule has 35 heavy (non-hydrogen) atoms. The lowest BCUT2D eigenvalue weighted by Gasteiger charge is -2.12. The fraction of sp³-hybridized carbons (Fsp3) is 0.120. The molecule has 0 fully saturated rings. The van der Waals surface area contributed by atoms with Crippen LogP contribution < -0.4 is 20.7 Å². The molecule has 1 heterocycles. The van der Waals surface area contributed by atoms with Gasteiger partial charge in [-0.3, -0.25) is 10.1 Å². The van der Waals surface area contributed by atoms with Crippen molar-refractivity contribution in [3.63, 3.8) is 0 Å². The van der Waals surface area contributed by atoms with Gasteiger partial charge in [0.1, 0.15) is 11.3 Å². The van der Waals surface area contributed by atoms with Crippen molar-refractivity contribution in [3.05, 3.63) is 77.9 Å². The number of nitrogens with one attached hydrogen (secondary N) is 3. The average molecular weight is 491 g/mol. The van der Waals surface area contributed by atoms with Gasteiger partial charge in [-0.25, -0.2) is 14.6 Å². The second kappa shape index (κ2) is 10.7. The number of urea groups is 1. The molecule has 0 radical (unpaired) electrons. The van der Waals surface area contributed by atoms with Gasteiger partial charge < -0.3 is 20.1 Å². The van der Waals surface area contributed by atoms with Crippen LogP contribution in [0.25, 0.3) is 10.2 Å². The van der Waals surface area contributed by atoms with Crippen molar-refractivity contribution in [2.75, 3.05) is 29.7 Å². The molecule has 4 aromatic rings. The Balaban J connectivity index is 1.53. The van der Waals surface area contributed by atoms with E-state index >= 15 is 0 Å². The number of hydrogen-bond acceptors (Lipinski definition) is 7. The first-order valence-electron chi connectivity index (χ1n) is 10.7. The molecule has 178 valence electrons. The quantitative estimate of drug-likeness (QED) is 0.299. The molecule has 1 aromatic heterocycles. The highest BCUT2D eigenvalue weighted by molar-refractivity contribution is 7.22. The van der Waals surface area contributed by atoms with Gasteiger partial charge in [-0.05, 0) is 37.3 Å². The molecule has 9 nitrogen and oxygen atoms in total. The summed E-state index contributed by atoms with van der Waals surface area (Å²) in [7, 11) is 1.50. The molecule has 0 saturated carbocycles. The Morgan fingerprint density at radius 3 is 2.43 bits per heavy atom. The van der Waals surface area contributed by atoms with E-state index in [1.54, 1.807) is 67.6 Å². The van der Waals surface area contributed by atoms with E-state index in [-0.39, 0.29) is 18.1 Å². The summed E-state index contributed by atoms with van der Waals surface area (Å²) in [5.74, 6) is -0.371. The summed E-state index contributed by atoms with van der Waals surface area (Å²) in [5, 5.41) is 8.60. The van der Waals surface area contributed by atoms with E-state index < -0.39 is 12.0 Å². The van der Waals surface area contributed by atoms with Crippen LogP contribution in [0.3, 0.4) is 0 Å². The third-order valence-electron chi connectivity index (χ3n) is 4.86. The van der Waals surface area contributed by atoms with Crippen molar-refractivity contribution >= 4 is 56.0 Å². The maximum atomic E-state index is 12.7. The first kappa shape index (κ1) is 23.7. The highest BCUT2D eigenvalue weighted by Crippen LogP contribution is 2.35. The van der Waals surface area contributed by atoms with Crippen LogP contribution in [-0.4, -0.2) is 36.6 Å². The zero-order valence-electron chi connectivity index (χ0n) is 19.0. The number of benzene rings is 3. The van der Waals surface area contributed by atoms with E-state index in [2.05, 4.69) is 20.9 Å². The van der Waals surface area contributed by atoms with Crippen LogP contribution in [0.15, 0.2) is 66.7 Å². The minimum absolute atomic E-state index is 0.224. The number of fused-ring (bicyclic) bond motifs is 1. The average Bonchev–Trinajstić information content (AvgIpc) is 3.26. The molecular formula is C25H22N4O5S. The SMILES string of the molecule is CCOC(=O)c1ccccc1NC(=O)Nc1cc(OC)c2nc(NC(=O)c3ccccc3)sc2c1. The zero-order chi connectivity index (χ0) is 24.8. The number of rotatable bonds is 7. The van der Waals surface area contributed by atoms with Crippen molar-refractivity contribution < 1.29 is 23.9 Å². The van der Waals surface area contributed by atoms with E-state index in [0.29, 0.717) is 38.0 Å². The van der Waals surface area contributed by atoms with Crippen molar-refractivity contribution in [2.45, 2.75) is 6.92 Å². The lowest BCUT2D eigenvalue weighted by atomic mass is 10.2. The van der Waals surface area contributed by atoms with Gasteiger partial charge in [-0.2, -0.15) is 0 Å². The molecule has 0 aliphatic heterocycles. The van der Waals surface area contributed by atoms with Crippen molar-refractivity contribution in [3.8, 4) is 5.75 Å². The molecule has 0 spiro atoms. The number of nitrogens with zero attached hydrogens (tertiary/aromatic N) is 1. The number of ether oxygens (including phenoxy) is 2. The van der Waals surface area contributed by atoms with Crippen molar-refractivity contribution in [1.82, 2.24) is 4.98 Å². The van der Waals surface area contributed by atoms with Crippen molar-refractivity contribution in [1.29, 1.82) is 0 Å². The Hall–Kier alpha value is -4.44. The van der Waals surface area contributed by atoms with E-state index in [0.717, 1.165) is 0 Å². The molecule has 3 aromatic carbocycles. The standard InChI is InChI=1S/C25H22N4O5S/c1-3-34-23(31)17-11-7-8-12-18(17)27-24(32)26-16-13-19(33-2)21-20(14-16)35-25(28-21)29-22(30)15-9-5-4-6-10-15/h4-14H,3H2,1-2H3,(H2,26,27,32)(H,28,29,30). The third-order valence-corrected chi connectivity index (χ3v) is 5.78.